The van der Waals surface area contributed by atoms with Gasteiger partial charge in [0.2, 0.25) is 5.91 Å². The van der Waals surface area contributed by atoms with E-state index >= 15 is 0 Å². The molecule has 0 atom stereocenters. The molecule has 2 aromatic heterocycles. The lowest BCUT2D eigenvalue weighted by Gasteiger charge is -2.33. The lowest BCUT2D eigenvalue weighted by atomic mass is 9.95. The van der Waals surface area contributed by atoms with E-state index < -0.39 is 0 Å². The SMILES string of the molecule is CCc1cccc(NC(=O)C2CCN(c3cc(C)nc4cc(-c5cc(C)cc(C)c5)nn34)CC2)c1. The maximum Gasteiger partial charge on any atom is 0.227 e. The number of hydrogen-bond acceptors (Lipinski definition) is 4. The second-order valence-electron chi connectivity index (χ2n) is 9.74. The van der Waals surface area contributed by atoms with Crippen LogP contribution in [0.5, 0.6) is 0 Å². The molecule has 5 rings (SSSR count). The fraction of sp³-hybridized carbons (Fsp3) is 0.345. The number of aryl methyl sites for hydroxylation is 4. The molecule has 6 nitrogen and oxygen atoms in total. The van der Waals surface area contributed by atoms with E-state index in [2.05, 4.69) is 73.5 Å². The largest absolute Gasteiger partial charge is 0.356 e. The molecule has 0 spiro atoms. The summed E-state index contributed by atoms with van der Waals surface area (Å²) in [6.45, 7) is 9.99. The first kappa shape index (κ1) is 23.1. The van der Waals surface area contributed by atoms with Crippen LogP contribution in [0.15, 0.2) is 54.6 Å². The van der Waals surface area contributed by atoms with Crippen molar-refractivity contribution < 1.29 is 4.79 Å². The van der Waals surface area contributed by atoms with Gasteiger partial charge in [-0.1, -0.05) is 36.2 Å². The molecule has 0 radical (unpaired) electrons. The van der Waals surface area contributed by atoms with Gasteiger partial charge in [-0.2, -0.15) is 9.61 Å². The third kappa shape index (κ3) is 4.92. The van der Waals surface area contributed by atoms with Gasteiger partial charge in [-0.15, -0.1) is 0 Å². The highest BCUT2D eigenvalue weighted by atomic mass is 16.1. The van der Waals surface area contributed by atoms with Gasteiger partial charge in [0.15, 0.2) is 5.65 Å². The van der Waals surface area contributed by atoms with E-state index in [9.17, 15) is 4.79 Å². The van der Waals surface area contributed by atoms with Crippen LogP contribution in [0.25, 0.3) is 16.9 Å². The van der Waals surface area contributed by atoms with Crippen molar-refractivity contribution in [2.75, 3.05) is 23.3 Å². The highest BCUT2D eigenvalue weighted by molar-refractivity contribution is 5.92. The molecule has 1 N–H and O–H groups in total. The Bertz CT molecular complexity index is 1360. The molecule has 1 amide bonds. The molecule has 0 aliphatic carbocycles. The third-order valence-corrected chi connectivity index (χ3v) is 6.85. The summed E-state index contributed by atoms with van der Waals surface area (Å²) in [6, 6.07) is 18.8. The first-order valence-electron chi connectivity index (χ1n) is 12.5. The predicted octanol–water partition coefficient (Wildman–Crippen LogP) is 5.74. The first-order chi connectivity index (χ1) is 16.9. The quantitative estimate of drug-likeness (QED) is 0.407. The smallest absolute Gasteiger partial charge is 0.227 e. The van der Waals surface area contributed by atoms with Crippen molar-refractivity contribution in [3.63, 3.8) is 0 Å². The number of carbonyl (C=O) groups is 1. The van der Waals surface area contributed by atoms with Gasteiger partial charge < -0.3 is 10.2 Å². The normalized spacial score (nSPS) is 14.5. The number of nitrogens with one attached hydrogen (secondary N) is 1. The minimum atomic E-state index is 0.0124. The van der Waals surface area contributed by atoms with Gasteiger partial charge in [0.1, 0.15) is 5.82 Å². The summed E-state index contributed by atoms with van der Waals surface area (Å²) in [7, 11) is 0. The highest BCUT2D eigenvalue weighted by Crippen LogP contribution is 2.28. The highest BCUT2D eigenvalue weighted by Gasteiger charge is 2.27. The van der Waals surface area contributed by atoms with Gasteiger partial charge in [0.25, 0.3) is 0 Å². The summed E-state index contributed by atoms with van der Waals surface area (Å²) in [4.78, 5) is 20.0. The Morgan fingerprint density at radius 2 is 1.74 bits per heavy atom. The van der Waals surface area contributed by atoms with Crippen molar-refractivity contribution in [2.45, 2.75) is 47.0 Å². The summed E-state index contributed by atoms with van der Waals surface area (Å²) in [5.74, 6) is 1.17. The molecule has 1 saturated heterocycles. The van der Waals surface area contributed by atoms with Crippen molar-refractivity contribution in [2.24, 2.45) is 5.92 Å². The Balaban J connectivity index is 1.34. The maximum absolute atomic E-state index is 12.9. The van der Waals surface area contributed by atoms with Crippen molar-refractivity contribution in [1.82, 2.24) is 14.6 Å². The Kier molecular flexibility index (Phi) is 6.29. The zero-order valence-corrected chi connectivity index (χ0v) is 21.0. The number of carbonyl (C=O) groups excluding carboxylic acids is 1. The topological polar surface area (TPSA) is 62.5 Å². The number of hydrogen-bond donors (Lipinski definition) is 1. The fourth-order valence-electron chi connectivity index (χ4n) is 5.05. The van der Waals surface area contributed by atoms with Gasteiger partial charge in [0.05, 0.1) is 5.69 Å². The van der Waals surface area contributed by atoms with E-state index in [4.69, 9.17) is 10.1 Å². The van der Waals surface area contributed by atoms with Gasteiger partial charge in [-0.25, -0.2) is 4.98 Å². The van der Waals surface area contributed by atoms with E-state index in [-0.39, 0.29) is 11.8 Å². The van der Waals surface area contributed by atoms with Crippen LogP contribution in [0.3, 0.4) is 0 Å². The number of benzene rings is 2. The molecule has 2 aromatic carbocycles. The summed E-state index contributed by atoms with van der Waals surface area (Å²) < 4.78 is 1.96. The average Bonchev–Trinajstić information content (AvgIpc) is 3.27. The zero-order chi connectivity index (χ0) is 24.5. The van der Waals surface area contributed by atoms with E-state index in [0.717, 1.165) is 66.5 Å². The van der Waals surface area contributed by atoms with Crippen LogP contribution in [-0.4, -0.2) is 33.6 Å². The molecule has 4 aromatic rings. The summed E-state index contributed by atoms with van der Waals surface area (Å²) in [5.41, 5.74) is 8.43. The van der Waals surface area contributed by atoms with Crippen molar-refractivity contribution in [3.8, 4) is 11.3 Å². The third-order valence-electron chi connectivity index (χ3n) is 6.85. The Morgan fingerprint density at radius 1 is 1.00 bits per heavy atom. The molecule has 3 heterocycles. The number of piperidine rings is 1. The predicted molar refractivity (Wildman–Crippen MR) is 142 cm³/mol. The molecule has 35 heavy (non-hydrogen) atoms. The van der Waals surface area contributed by atoms with E-state index in [1.54, 1.807) is 0 Å². The molecule has 1 aliphatic rings. The lowest BCUT2D eigenvalue weighted by molar-refractivity contribution is -0.120. The van der Waals surface area contributed by atoms with Gasteiger partial charge in [-0.05, 0) is 69.9 Å². The average molecular weight is 468 g/mol. The second kappa shape index (κ2) is 9.53. The zero-order valence-electron chi connectivity index (χ0n) is 21.0. The Hall–Kier alpha value is -3.67. The summed E-state index contributed by atoms with van der Waals surface area (Å²) in [5, 5.41) is 8.07. The monoisotopic (exact) mass is 467 g/mol. The Morgan fingerprint density at radius 3 is 2.46 bits per heavy atom. The molecular weight excluding hydrogens is 434 g/mol. The number of amides is 1. The van der Waals surface area contributed by atoms with Crippen molar-refractivity contribution in [3.05, 3.63) is 77.0 Å². The molecule has 0 bridgehead atoms. The van der Waals surface area contributed by atoms with Gasteiger partial charge in [-0.3, -0.25) is 4.79 Å². The van der Waals surface area contributed by atoms with Crippen LogP contribution in [0.2, 0.25) is 0 Å². The van der Waals surface area contributed by atoms with Crippen LogP contribution < -0.4 is 10.2 Å². The molecule has 0 saturated carbocycles. The number of rotatable bonds is 5. The van der Waals surface area contributed by atoms with Crippen LogP contribution in [0.4, 0.5) is 11.5 Å². The van der Waals surface area contributed by atoms with Crippen LogP contribution in [0.1, 0.15) is 42.1 Å². The minimum Gasteiger partial charge on any atom is -0.356 e. The number of aromatic nitrogens is 3. The van der Waals surface area contributed by atoms with Crippen molar-refractivity contribution >= 4 is 23.1 Å². The van der Waals surface area contributed by atoms with Gasteiger partial charge in [0, 0.05) is 48.1 Å². The van der Waals surface area contributed by atoms with Crippen LogP contribution in [0, 0.1) is 26.7 Å². The molecule has 180 valence electrons. The molecule has 1 fully saturated rings. The van der Waals surface area contributed by atoms with Crippen LogP contribution in [-0.2, 0) is 11.2 Å². The first-order valence-corrected chi connectivity index (χ1v) is 12.5. The minimum absolute atomic E-state index is 0.0124. The van der Waals surface area contributed by atoms with Gasteiger partial charge >= 0.3 is 0 Å². The summed E-state index contributed by atoms with van der Waals surface area (Å²) >= 11 is 0. The summed E-state index contributed by atoms with van der Waals surface area (Å²) in [6.07, 6.45) is 2.58. The molecule has 0 unspecified atom stereocenters. The maximum atomic E-state index is 12.9. The second-order valence-corrected chi connectivity index (χ2v) is 9.74. The molecule has 1 aliphatic heterocycles. The van der Waals surface area contributed by atoms with E-state index in [1.165, 1.54) is 16.7 Å². The van der Waals surface area contributed by atoms with E-state index in [1.807, 2.05) is 23.6 Å². The number of anilines is 2. The van der Waals surface area contributed by atoms with Crippen molar-refractivity contribution in [1.29, 1.82) is 0 Å². The molecular formula is C29H33N5O. The number of fused-ring (bicyclic) bond motifs is 1. The molecule has 6 heteroatoms. The van der Waals surface area contributed by atoms with E-state index in [0.29, 0.717) is 0 Å². The number of nitrogens with zero attached hydrogens (tertiary/aromatic N) is 4. The standard InChI is InChI=1S/C29H33N5O/c1-5-22-7-6-8-25(17-22)31-29(35)23-9-11-33(12-10-23)28-16-21(4)30-27-18-26(32-34(27)28)24-14-19(2)13-20(3)15-24/h6-8,13-18,23H,5,9-12H2,1-4H3,(H,31,35). The Labute approximate surface area is 207 Å². The lowest BCUT2D eigenvalue weighted by Crippen LogP contribution is -2.39. The van der Waals surface area contributed by atoms with Crippen LogP contribution >= 0.6 is 0 Å². The fourth-order valence-corrected chi connectivity index (χ4v) is 5.05.